The van der Waals surface area contributed by atoms with E-state index >= 15 is 0 Å². The number of carbonyl (C=O) groups excluding carboxylic acids is 1. The zero-order valence-corrected chi connectivity index (χ0v) is 13.7. The minimum absolute atomic E-state index is 0.0544. The topological polar surface area (TPSA) is 44.4 Å². The van der Waals surface area contributed by atoms with E-state index in [1.165, 1.54) is 51.4 Å². The number of carbonyl (C=O) groups is 1. The number of likely N-dealkylation sites (N-methyl/N-ethyl adjacent to an activating group) is 1. The largest absolute Gasteiger partial charge is 0.353 e. The molecular weight excluding hydrogens is 262 g/mol. The van der Waals surface area contributed by atoms with Crippen LogP contribution in [0.2, 0.25) is 0 Å². The van der Waals surface area contributed by atoms with Crippen LogP contribution in [0, 0.1) is 5.92 Å². The summed E-state index contributed by atoms with van der Waals surface area (Å²) in [4.78, 5) is 14.8. The van der Waals surface area contributed by atoms with Crippen LogP contribution in [0.4, 0.5) is 0 Å². The van der Waals surface area contributed by atoms with Gasteiger partial charge >= 0.3 is 0 Å². The summed E-state index contributed by atoms with van der Waals surface area (Å²) in [7, 11) is 4.31. The number of nitrogens with zero attached hydrogens (tertiary/aromatic N) is 1. The zero-order chi connectivity index (χ0) is 14.9. The summed E-state index contributed by atoms with van der Waals surface area (Å²) in [6.07, 6.45) is 11.3. The molecule has 0 bridgehead atoms. The van der Waals surface area contributed by atoms with Gasteiger partial charge < -0.3 is 15.5 Å². The van der Waals surface area contributed by atoms with Crippen LogP contribution in [0.1, 0.15) is 57.8 Å². The zero-order valence-electron chi connectivity index (χ0n) is 13.7. The van der Waals surface area contributed by atoms with Gasteiger partial charge in [-0.1, -0.05) is 25.7 Å². The second-order valence-electron chi connectivity index (χ2n) is 7.65. The third-order valence-corrected chi connectivity index (χ3v) is 6.25. The third-order valence-electron chi connectivity index (χ3n) is 6.25. The van der Waals surface area contributed by atoms with E-state index in [1.807, 2.05) is 0 Å². The van der Waals surface area contributed by atoms with Crippen molar-refractivity contribution < 1.29 is 4.79 Å². The smallest absolute Gasteiger partial charge is 0.237 e. The molecule has 0 aromatic heterocycles. The third kappa shape index (κ3) is 3.11. The molecule has 3 atom stereocenters. The lowest BCUT2D eigenvalue weighted by Crippen LogP contribution is -2.53. The first-order valence-corrected chi connectivity index (χ1v) is 8.82. The predicted octanol–water partition coefficient (Wildman–Crippen LogP) is 1.90. The van der Waals surface area contributed by atoms with Crippen LogP contribution < -0.4 is 10.6 Å². The van der Waals surface area contributed by atoms with E-state index < -0.39 is 0 Å². The maximum atomic E-state index is 12.5. The second kappa shape index (κ2) is 6.25. The lowest BCUT2D eigenvalue weighted by atomic mass is 9.85. The van der Waals surface area contributed by atoms with E-state index in [0.717, 1.165) is 18.9 Å². The maximum absolute atomic E-state index is 12.5. The van der Waals surface area contributed by atoms with Gasteiger partial charge in [0.15, 0.2) is 0 Å². The molecule has 0 spiro atoms. The first kappa shape index (κ1) is 15.3. The van der Waals surface area contributed by atoms with Crippen molar-refractivity contribution in [1.29, 1.82) is 0 Å². The van der Waals surface area contributed by atoms with Crippen LogP contribution in [0.25, 0.3) is 0 Å². The SMILES string of the molecule is CN(C)C1(CNC(=O)C2CC3CCCCC3N2)CCCC1. The fraction of sp³-hybridized carbons (Fsp3) is 0.941. The quantitative estimate of drug-likeness (QED) is 0.832. The molecule has 0 aromatic carbocycles. The molecule has 0 aromatic rings. The predicted molar refractivity (Wildman–Crippen MR) is 85.2 cm³/mol. The molecule has 1 saturated heterocycles. The van der Waals surface area contributed by atoms with Gasteiger partial charge in [-0.15, -0.1) is 0 Å². The van der Waals surface area contributed by atoms with E-state index in [9.17, 15) is 4.79 Å². The maximum Gasteiger partial charge on any atom is 0.237 e. The number of hydrogen-bond donors (Lipinski definition) is 2. The van der Waals surface area contributed by atoms with Crippen molar-refractivity contribution in [3.05, 3.63) is 0 Å². The van der Waals surface area contributed by atoms with Crippen molar-refractivity contribution >= 4 is 5.91 Å². The fourth-order valence-corrected chi connectivity index (χ4v) is 4.71. The van der Waals surface area contributed by atoms with Crippen LogP contribution in [0.5, 0.6) is 0 Å². The Morgan fingerprint density at radius 3 is 2.57 bits per heavy atom. The van der Waals surface area contributed by atoms with Gasteiger partial charge in [-0.25, -0.2) is 0 Å². The molecule has 1 aliphatic heterocycles. The summed E-state index contributed by atoms with van der Waals surface area (Å²) in [5, 5.41) is 6.84. The summed E-state index contributed by atoms with van der Waals surface area (Å²) in [6, 6.07) is 0.655. The standard InChI is InChI=1S/C17H31N3O/c1-20(2)17(9-5-6-10-17)12-18-16(21)15-11-13-7-3-4-8-14(13)19-15/h13-15,19H,3-12H2,1-2H3,(H,18,21). The van der Waals surface area contributed by atoms with E-state index in [-0.39, 0.29) is 17.5 Å². The number of fused-ring (bicyclic) bond motifs is 1. The van der Waals surface area contributed by atoms with Crippen LogP contribution in [0.15, 0.2) is 0 Å². The van der Waals surface area contributed by atoms with Crippen LogP contribution in [-0.2, 0) is 4.79 Å². The molecule has 120 valence electrons. The van der Waals surface area contributed by atoms with Gasteiger partial charge in [0, 0.05) is 18.1 Å². The normalized spacial score (nSPS) is 34.9. The van der Waals surface area contributed by atoms with Crippen LogP contribution in [-0.4, -0.2) is 49.1 Å². The molecule has 3 unspecified atom stereocenters. The average molecular weight is 293 g/mol. The Bertz CT molecular complexity index is 362. The first-order chi connectivity index (χ1) is 10.1. The highest BCUT2D eigenvalue weighted by Gasteiger charge is 2.40. The van der Waals surface area contributed by atoms with Gasteiger partial charge in [0.1, 0.15) is 0 Å². The van der Waals surface area contributed by atoms with Crippen molar-refractivity contribution in [3.8, 4) is 0 Å². The lowest BCUT2D eigenvalue weighted by Gasteiger charge is -2.36. The van der Waals surface area contributed by atoms with Crippen molar-refractivity contribution in [2.75, 3.05) is 20.6 Å². The molecule has 4 heteroatoms. The Morgan fingerprint density at radius 2 is 1.90 bits per heavy atom. The minimum Gasteiger partial charge on any atom is -0.353 e. The highest BCUT2D eigenvalue weighted by Crippen LogP contribution is 2.34. The molecule has 4 nitrogen and oxygen atoms in total. The average Bonchev–Trinajstić information content (AvgIpc) is 3.12. The Kier molecular flexibility index (Phi) is 4.55. The molecule has 2 saturated carbocycles. The molecule has 3 fully saturated rings. The Balaban J connectivity index is 1.52. The van der Waals surface area contributed by atoms with Crippen LogP contribution >= 0.6 is 0 Å². The van der Waals surface area contributed by atoms with Crippen molar-refractivity contribution in [1.82, 2.24) is 15.5 Å². The van der Waals surface area contributed by atoms with Gasteiger partial charge in [-0.05, 0) is 52.1 Å². The number of rotatable bonds is 4. The summed E-state index contributed by atoms with van der Waals surface area (Å²) < 4.78 is 0. The number of nitrogens with one attached hydrogen (secondary N) is 2. The van der Waals surface area contributed by atoms with E-state index in [2.05, 4.69) is 29.6 Å². The lowest BCUT2D eigenvalue weighted by molar-refractivity contribution is -0.123. The summed E-state index contributed by atoms with van der Waals surface area (Å²) in [5.74, 6) is 0.973. The second-order valence-corrected chi connectivity index (χ2v) is 7.65. The van der Waals surface area contributed by atoms with E-state index in [4.69, 9.17) is 0 Å². The Labute approximate surface area is 129 Å². The first-order valence-electron chi connectivity index (χ1n) is 8.82. The van der Waals surface area contributed by atoms with Crippen LogP contribution in [0.3, 0.4) is 0 Å². The highest BCUT2D eigenvalue weighted by atomic mass is 16.2. The van der Waals surface area contributed by atoms with Gasteiger partial charge in [-0.2, -0.15) is 0 Å². The highest BCUT2D eigenvalue weighted by molar-refractivity contribution is 5.82. The molecular formula is C17H31N3O. The number of amides is 1. The van der Waals surface area contributed by atoms with Crippen molar-refractivity contribution in [3.63, 3.8) is 0 Å². The van der Waals surface area contributed by atoms with Crippen molar-refractivity contribution in [2.24, 2.45) is 5.92 Å². The summed E-state index contributed by atoms with van der Waals surface area (Å²) in [5.41, 5.74) is 0.195. The Hall–Kier alpha value is -0.610. The molecule has 2 N–H and O–H groups in total. The van der Waals surface area contributed by atoms with Gasteiger partial charge in [0.25, 0.3) is 0 Å². The Morgan fingerprint density at radius 1 is 1.19 bits per heavy atom. The van der Waals surface area contributed by atoms with Gasteiger partial charge in [-0.3, -0.25) is 4.79 Å². The fourth-order valence-electron chi connectivity index (χ4n) is 4.71. The minimum atomic E-state index is 0.0544. The monoisotopic (exact) mass is 293 g/mol. The van der Waals surface area contributed by atoms with Gasteiger partial charge in [0.2, 0.25) is 5.91 Å². The van der Waals surface area contributed by atoms with Crippen molar-refractivity contribution in [2.45, 2.75) is 75.4 Å². The van der Waals surface area contributed by atoms with Gasteiger partial charge in [0.05, 0.1) is 6.04 Å². The van der Waals surface area contributed by atoms with E-state index in [1.54, 1.807) is 0 Å². The van der Waals surface area contributed by atoms with E-state index in [0.29, 0.717) is 6.04 Å². The number of hydrogen-bond acceptors (Lipinski definition) is 3. The molecule has 3 rings (SSSR count). The molecule has 1 heterocycles. The molecule has 2 aliphatic carbocycles. The summed E-state index contributed by atoms with van der Waals surface area (Å²) >= 11 is 0. The summed E-state index contributed by atoms with van der Waals surface area (Å²) in [6.45, 7) is 0.812. The molecule has 3 aliphatic rings. The molecule has 21 heavy (non-hydrogen) atoms. The molecule has 1 amide bonds. The molecule has 0 radical (unpaired) electrons.